The lowest BCUT2D eigenvalue weighted by molar-refractivity contribution is 0.109. The number of aromatic nitrogens is 2. The fourth-order valence-electron chi connectivity index (χ4n) is 2.58. The molecule has 7 heteroatoms. The monoisotopic (exact) mass is 344 g/mol. The molecule has 3 rings (SSSR count). The summed E-state index contributed by atoms with van der Waals surface area (Å²) in [6.07, 6.45) is 4.15. The van der Waals surface area contributed by atoms with E-state index in [4.69, 9.17) is 4.74 Å². The normalized spacial score (nSPS) is 13.7. The molecule has 134 valence electrons. The zero-order chi connectivity index (χ0) is 17.8. The van der Waals surface area contributed by atoms with Gasteiger partial charge in [0.05, 0.1) is 18.0 Å². The third-order valence-electron chi connectivity index (χ3n) is 4.32. The van der Waals surface area contributed by atoms with Crippen LogP contribution in [0.3, 0.4) is 0 Å². The number of likely N-dealkylation sites (N-methyl/N-ethyl adjacent to an activating group) is 1. The molecular weight excluding hydrogens is 320 g/mol. The van der Waals surface area contributed by atoms with Gasteiger partial charge in [0.25, 0.3) is 0 Å². The fraction of sp³-hybridized carbons (Fsp3) is 0.444. The van der Waals surface area contributed by atoms with Crippen LogP contribution in [0.25, 0.3) is 5.69 Å². The maximum atomic E-state index is 12.4. The van der Waals surface area contributed by atoms with Crippen LogP contribution in [-0.2, 0) is 4.74 Å². The molecule has 7 nitrogen and oxygen atoms in total. The highest BCUT2D eigenvalue weighted by molar-refractivity contribution is 5.91. The van der Waals surface area contributed by atoms with E-state index in [0.29, 0.717) is 30.4 Å². The Hall–Kier alpha value is -2.54. The summed E-state index contributed by atoms with van der Waals surface area (Å²) in [6, 6.07) is 7.01. The van der Waals surface area contributed by atoms with Crippen molar-refractivity contribution >= 4 is 11.7 Å². The Bertz CT molecular complexity index is 792. The predicted molar refractivity (Wildman–Crippen MR) is 96.3 cm³/mol. The first-order valence-electron chi connectivity index (χ1n) is 8.52. The van der Waals surface area contributed by atoms with Crippen LogP contribution in [0.15, 0.2) is 35.3 Å². The number of carbonyl (C=O) groups excluding carboxylic acids is 1. The number of hydrogen-bond donors (Lipinski definition) is 2. The summed E-state index contributed by atoms with van der Waals surface area (Å²) >= 11 is 0. The van der Waals surface area contributed by atoms with E-state index in [1.54, 1.807) is 30.3 Å². The second-order valence-corrected chi connectivity index (χ2v) is 6.46. The molecule has 2 N–H and O–H groups in total. The van der Waals surface area contributed by atoms with Gasteiger partial charge in [-0.25, -0.2) is 9.59 Å². The Balaban J connectivity index is 1.64. The summed E-state index contributed by atoms with van der Waals surface area (Å²) in [5.41, 5.74) is 1.76. The molecular formula is C18H24N4O3. The maximum Gasteiger partial charge on any atom is 0.330 e. The quantitative estimate of drug-likeness (QED) is 0.757. The van der Waals surface area contributed by atoms with Gasteiger partial charge in [0.1, 0.15) is 0 Å². The van der Waals surface area contributed by atoms with Gasteiger partial charge in [0.2, 0.25) is 0 Å². The number of H-pyrrole nitrogens is 1. The number of aryl methyl sites for hydroxylation is 1. The van der Waals surface area contributed by atoms with Crippen molar-refractivity contribution in [3.63, 3.8) is 0 Å². The van der Waals surface area contributed by atoms with Gasteiger partial charge < -0.3 is 19.9 Å². The van der Waals surface area contributed by atoms with Crippen molar-refractivity contribution in [2.24, 2.45) is 5.92 Å². The summed E-state index contributed by atoms with van der Waals surface area (Å²) in [7, 11) is 1.73. The number of ether oxygens (including phenoxy) is 1. The van der Waals surface area contributed by atoms with Gasteiger partial charge in [0.15, 0.2) is 0 Å². The smallest absolute Gasteiger partial charge is 0.330 e. The lowest BCUT2D eigenvalue weighted by Crippen LogP contribution is -2.34. The number of nitrogens with zero attached hydrogens (tertiary/aromatic N) is 2. The Labute approximate surface area is 146 Å². The van der Waals surface area contributed by atoms with Crippen LogP contribution < -0.4 is 11.0 Å². The average Bonchev–Trinajstić information content (AvgIpc) is 3.37. The van der Waals surface area contributed by atoms with Crippen LogP contribution in [0.5, 0.6) is 0 Å². The molecule has 0 aliphatic heterocycles. The van der Waals surface area contributed by atoms with E-state index < -0.39 is 0 Å². The number of amides is 2. The van der Waals surface area contributed by atoms with Crippen molar-refractivity contribution in [1.29, 1.82) is 0 Å². The molecule has 0 saturated heterocycles. The van der Waals surface area contributed by atoms with Crippen LogP contribution in [0.4, 0.5) is 10.5 Å². The highest BCUT2D eigenvalue weighted by atomic mass is 16.5. The number of hydrogen-bond acceptors (Lipinski definition) is 3. The first kappa shape index (κ1) is 17.3. The van der Waals surface area contributed by atoms with E-state index in [0.717, 1.165) is 12.3 Å². The number of nitrogens with one attached hydrogen (secondary N) is 2. The summed E-state index contributed by atoms with van der Waals surface area (Å²) in [6.45, 7) is 3.66. The molecule has 0 spiro atoms. The van der Waals surface area contributed by atoms with Gasteiger partial charge in [-0.1, -0.05) is 12.1 Å². The van der Waals surface area contributed by atoms with Crippen LogP contribution in [0.1, 0.15) is 18.5 Å². The Morgan fingerprint density at radius 2 is 2.16 bits per heavy atom. The highest BCUT2D eigenvalue weighted by Crippen LogP contribution is 2.28. The Morgan fingerprint density at radius 1 is 1.40 bits per heavy atom. The molecule has 0 bridgehead atoms. The van der Waals surface area contributed by atoms with Crippen LogP contribution in [0.2, 0.25) is 0 Å². The van der Waals surface area contributed by atoms with E-state index in [9.17, 15) is 9.59 Å². The zero-order valence-corrected chi connectivity index (χ0v) is 14.6. The van der Waals surface area contributed by atoms with Crippen molar-refractivity contribution in [1.82, 2.24) is 14.5 Å². The molecule has 2 amide bonds. The zero-order valence-electron chi connectivity index (χ0n) is 14.6. The SMILES string of the molecule is Cc1c[nH]c(=O)n1-c1ccccc1NC(=O)N(C)CCOCC1CC1. The number of aromatic amines is 1. The largest absolute Gasteiger partial charge is 0.379 e. The fourth-order valence-corrected chi connectivity index (χ4v) is 2.58. The highest BCUT2D eigenvalue weighted by Gasteiger charge is 2.21. The number of carbonyl (C=O) groups is 1. The maximum absolute atomic E-state index is 12.4. The molecule has 25 heavy (non-hydrogen) atoms. The van der Waals surface area contributed by atoms with Gasteiger partial charge in [-0.2, -0.15) is 0 Å². The minimum Gasteiger partial charge on any atom is -0.379 e. The van der Waals surface area contributed by atoms with E-state index in [1.165, 1.54) is 17.4 Å². The molecule has 2 aromatic rings. The van der Waals surface area contributed by atoms with Gasteiger partial charge in [-0.15, -0.1) is 0 Å². The summed E-state index contributed by atoms with van der Waals surface area (Å²) in [5, 5.41) is 2.87. The minimum absolute atomic E-state index is 0.233. The Kier molecular flexibility index (Phi) is 5.23. The number of para-hydroxylation sites is 2. The van der Waals surface area contributed by atoms with Gasteiger partial charge >= 0.3 is 11.7 Å². The molecule has 1 saturated carbocycles. The first-order chi connectivity index (χ1) is 12.1. The molecule has 1 aromatic carbocycles. The molecule has 1 aromatic heterocycles. The number of anilines is 1. The number of rotatable bonds is 7. The minimum atomic E-state index is -0.235. The third-order valence-corrected chi connectivity index (χ3v) is 4.32. The summed E-state index contributed by atoms with van der Waals surface area (Å²) in [4.78, 5) is 28.7. The molecule has 1 fully saturated rings. The summed E-state index contributed by atoms with van der Waals surface area (Å²) < 4.78 is 7.11. The molecule has 0 unspecified atom stereocenters. The molecule has 0 atom stereocenters. The van der Waals surface area contributed by atoms with Crippen LogP contribution >= 0.6 is 0 Å². The van der Waals surface area contributed by atoms with Crippen molar-refractivity contribution < 1.29 is 9.53 Å². The van der Waals surface area contributed by atoms with Gasteiger partial charge in [-0.3, -0.25) is 4.57 Å². The van der Waals surface area contributed by atoms with Crippen LogP contribution in [0, 0.1) is 12.8 Å². The summed E-state index contributed by atoms with van der Waals surface area (Å²) in [5.74, 6) is 0.717. The third kappa shape index (κ3) is 4.30. The standard InChI is InChI=1S/C18H24N4O3/c1-13-11-19-17(23)22(13)16-6-4-3-5-15(16)20-18(24)21(2)9-10-25-12-14-7-8-14/h3-6,11,14H,7-10,12H2,1-2H3,(H,19,23)(H,20,24). The van der Waals surface area contributed by atoms with E-state index in [2.05, 4.69) is 10.3 Å². The molecule has 1 heterocycles. The lowest BCUT2D eigenvalue weighted by Gasteiger charge is -2.19. The van der Waals surface area contributed by atoms with Gasteiger partial charge in [0, 0.05) is 32.1 Å². The molecule has 0 radical (unpaired) electrons. The van der Waals surface area contributed by atoms with Crippen molar-refractivity contribution in [3.8, 4) is 5.69 Å². The second kappa shape index (κ2) is 7.57. The Morgan fingerprint density at radius 3 is 2.84 bits per heavy atom. The number of urea groups is 1. The average molecular weight is 344 g/mol. The van der Waals surface area contributed by atoms with Crippen molar-refractivity contribution in [2.45, 2.75) is 19.8 Å². The van der Waals surface area contributed by atoms with E-state index >= 15 is 0 Å². The topological polar surface area (TPSA) is 79.4 Å². The number of benzene rings is 1. The lowest BCUT2D eigenvalue weighted by atomic mass is 10.2. The van der Waals surface area contributed by atoms with E-state index in [1.807, 2.05) is 19.1 Å². The van der Waals surface area contributed by atoms with Crippen molar-refractivity contribution in [3.05, 3.63) is 46.6 Å². The first-order valence-corrected chi connectivity index (χ1v) is 8.52. The second-order valence-electron chi connectivity index (χ2n) is 6.46. The van der Waals surface area contributed by atoms with Gasteiger partial charge in [-0.05, 0) is 37.8 Å². The van der Waals surface area contributed by atoms with Crippen molar-refractivity contribution in [2.75, 3.05) is 32.1 Å². The predicted octanol–water partition coefficient (Wildman–Crippen LogP) is 2.36. The van der Waals surface area contributed by atoms with E-state index in [-0.39, 0.29) is 11.7 Å². The molecule has 1 aliphatic carbocycles. The van der Waals surface area contributed by atoms with Crippen LogP contribution in [-0.4, -0.2) is 47.3 Å². The molecule has 1 aliphatic rings. The number of imidazole rings is 1.